The van der Waals surface area contributed by atoms with E-state index in [1.165, 1.54) is 12.1 Å². The third kappa shape index (κ3) is 4.65. The highest BCUT2D eigenvalue weighted by atomic mass is 79.9. The molecule has 0 heterocycles. The Hall–Kier alpha value is -1.67. The zero-order valence-corrected chi connectivity index (χ0v) is 14.3. The van der Waals surface area contributed by atoms with Crippen LogP contribution in [0.4, 0.5) is 14.5 Å². The standard InChI is InChI=1S/C15H14BrF2NO3S/c16-11-5-7-12(8-6-11)22-10-9-19-13-3-1-2-4-14(13)23(20,21)15(17)18/h1-8,15,19H,9-10H2. The fourth-order valence-electron chi connectivity index (χ4n) is 1.84. The van der Waals surface area contributed by atoms with E-state index in [0.29, 0.717) is 5.75 Å². The molecule has 0 saturated carbocycles. The number of para-hydroxylation sites is 1. The number of hydrogen-bond donors (Lipinski definition) is 1. The van der Waals surface area contributed by atoms with Crippen molar-refractivity contribution >= 4 is 31.5 Å². The molecule has 4 nitrogen and oxygen atoms in total. The molecule has 2 rings (SSSR count). The van der Waals surface area contributed by atoms with E-state index in [1.807, 2.05) is 12.1 Å². The monoisotopic (exact) mass is 405 g/mol. The van der Waals surface area contributed by atoms with Crippen LogP contribution < -0.4 is 10.1 Å². The number of nitrogens with one attached hydrogen (secondary N) is 1. The van der Waals surface area contributed by atoms with Crippen molar-refractivity contribution in [2.75, 3.05) is 18.5 Å². The summed E-state index contributed by atoms with van der Waals surface area (Å²) in [5.41, 5.74) is 0.132. The van der Waals surface area contributed by atoms with Crippen LogP contribution in [0.3, 0.4) is 0 Å². The molecule has 2 aromatic carbocycles. The van der Waals surface area contributed by atoms with Gasteiger partial charge in [0, 0.05) is 11.0 Å². The van der Waals surface area contributed by atoms with Crippen LogP contribution in [-0.4, -0.2) is 27.3 Å². The lowest BCUT2D eigenvalue weighted by molar-refractivity contribution is 0.235. The van der Waals surface area contributed by atoms with Gasteiger partial charge in [-0.3, -0.25) is 0 Å². The molecule has 0 aliphatic carbocycles. The van der Waals surface area contributed by atoms with E-state index in [-0.39, 0.29) is 18.8 Å². The largest absolute Gasteiger partial charge is 0.492 e. The fourth-order valence-corrected chi connectivity index (χ4v) is 3.01. The lowest BCUT2D eigenvalue weighted by Crippen LogP contribution is -2.17. The summed E-state index contributed by atoms with van der Waals surface area (Å²) in [6.45, 7) is 0.524. The molecular weight excluding hydrogens is 392 g/mol. The molecule has 8 heteroatoms. The van der Waals surface area contributed by atoms with Crippen molar-refractivity contribution in [1.29, 1.82) is 0 Å². The number of halogens is 3. The number of rotatable bonds is 7. The van der Waals surface area contributed by atoms with Crippen LogP contribution in [0.25, 0.3) is 0 Å². The van der Waals surface area contributed by atoms with Crippen LogP contribution in [0, 0.1) is 0 Å². The third-order valence-electron chi connectivity index (χ3n) is 2.93. The molecule has 0 aliphatic rings. The van der Waals surface area contributed by atoms with Gasteiger partial charge in [0.1, 0.15) is 12.4 Å². The topological polar surface area (TPSA) is 55.4 Å². The molecule has 2 aromatic rings. The summed E-state index contributed by atoms with van der Waals surface area (Å²) in [7, 11) is -4.64. The Morgan fingerprint density at radius 2 is 1.74 bits per heavy atom. The summed E-state index contributed by atoms with van der Waals surface area (Å²) in [4.78, 5) is -0.418. The van der Waals surface area contributed by atoms with Gasteiger partial charge in [-0.25, -0.2) is 8.42 Å². The number of sulfone groups is 1. The Kier molecular flexibility index (Phi) is 5.95. The van der Waals surface area contributed by atoms with Gasteiger partial charge in [0.25, 0.3) is 0 Å². The summed E-state index contributed by atoms with van der Waals surface area (Å²) in [6.07, 6.45) is 0. The van der Waals surface area contributed by atoms with Crippen molar-refractivity contribution in [3.8, 4) is 5.75 Å². The maximum Gasteiger partial charge on any atom is 0.341 e. The predicted molar refractivity (Wildman–Crippen MR) is 87.8 cm³/mol. The normalized spacial score (nSPS) is 11.5. The first-order chi connectivity index (χ1) is 10.9. The zero-order valence-electron chi connectivity index (χ0n) is 11.9. The van der Waals surface area contributed by atoms with Gasteiger partial charge in [-0.05, 0) is 36.4 Å². The average Bonchev–Trinajstić information content (AvgIpc) is 2.53. The number of hydrogen-bond acceptors (Lipinski definition) is 4. The van der Waals surface area contributed by atoms with E-state index >= 15 is 0 Å². The minimum atomic E-state index is -4.64. The van der Waals surface area contributed by atoms with Gasteiger partial charge in [0.15, 0.2) is 0 Å². The highest BCUT2D eigenvalue weighted by Gasteiger charge is 2.28. The molecule has 0 aliphatic heterocycles. The Labute approximate surface area is 141 Å². The van der Waals surface area contributed by atoms with Crippen molar-refractivity contribution in [2.24, 2.45) is 0 Å². The first kappa shape index (κ1) is 17.7. The minimum Gasteiger partial charge on any atom is -0.492 e. The predicted octanol–water partition coefficient (Wildman–Crippen LogP) is 3.94. The van der Waals surface area contributed by atoms with Gasteiger partial charge in [-0.15, -0.1) is 0 Å². The van der Waals surface area contributed by atoms with E-state index < -0.39 is 20.5 Å². The number of ether oxygens (including phenoxy) is 1. The van der Waals surface area contributed by atoms with Gasteiger partial charge in [-0.1, -0.05) is 28.1 Å². The lowest BCUT2D eigenvalue weighted by Gasteiger charge is -2.12. The van der Waals surface area contributed by atoms with Crippen LogP contribution >= 0.6 is 15.9 Å². The first-order valence-electron chi connectivity index (χ1n) is 6.64. The maximum absolute atomic E-state index is 12.7. The Morgan fingerprint density at radius 3 is 2.39 bits per heavy atom. The lowest BCUT2D eigenvalue weighted by atomic mass is 10.3. The molecule has 0 unspecified atom stereocenters. The maximum atomic E-state index is 12.7. The molecule has 0 radical (unpaired) electrons. The quantitative estimate of drug-likeness (QED) is 0.708. The molecule has 0 spiro atoms. The van der Waals surface area contributed by atoms with Crippen LogP contribution in [-0.2, 0) is 9.84 Å². The molecule has 0 aromatic heterocycles. The molecular formula is C15H14BrF2NO3S. The molecule has 0 atom stereocenters. The smallest absolute Gasteiger partial charge is 0.341 e. The second-order valence-corrected chi connectivity index (χ2v) is 7.33. The molecule has 0 saturated heterocycles. The van der Waals surface area contributed by atoms with E-state index in [0.717, 1.165) is 10.5 Å². The van der Waals surface area contributed by atoms with Crippen molar-refractivity contribution in [1.82, 2.24) is 0 Å². The van der Waals surface area contributed by atoms with Crippen LogP contribution in [0.5, 0.6) is 5.75 Å². The van der Waals surface area contributed by atoms with Crippen LogP contribution in [0.1, 0.15) is 0 Å². The highest BCUT2D eigenvalue weighted by molar-refractivity contribution is 9.10. The zero-order chi connectivity index (χ0) is 16.9. The summed E-state index contributed by atoms with van der Waals surface area (Å²) in [5, 5.41) is 2.81. The molecule has 1 N–H and O–H groups in total. The minimum absolute atomic E-state index is 0.132. The number of anilines is 1. The van der Waals surface area contributed by atoms with E-state index in [9.17, 15) is 17.2 Å². The Balaban J connectivity index is 1.97. The van der Waals surface area contributed by atoms with E-state index in [1.54, 1.807) is 18.2 Å². The van der Waals surface area contributed by atoms with Crippen molar-refractivity contribution in [3.63, 3.8) is 0 Å². The molecule has 0 bridgehead atoms. The molecule has 0 amide bonds. The van der Waals surface area contributed by atoms with Gasteiger partial charge in [-0.2, -0.15) is 8.78 Å². The van der Waals surface area contributed by atoms with Gasteiger partial charge in [0.2, 0.25) is 9.84 Å². The summed E-state index contributed by atoms with van der Waals surface area (Å²) < 4.78 is 55.0. The van der Waals surface area contributed by atoms with Crippen molar-refractivity contribution in [2.45, 2.75) is 10.7 Å². The van der Waals surface area contributed by atoms with Crippen LogP contribution in [0.15, 0.2) is 57.9 Å². The summed E-state index contributed by atoms with van der Waals surface area (Å²) in [6, 6.07) is 12.8. The second-order valence-electron chi connectivity index (χ2n) is 4.53. The molecule has 0 fully saturated rings. The van der Waals surface area contributed by atoms with Gasteiger partial charge in [0.05, 0.1) is 10.6 Å². The first-order valence-corrected chi connectivity index (χ1v) is 8.98. The SMILES string of the molecule is O=S(=O)(c1ccccc1NCCOc1ccc(Br)cc1)C(F)F. The summed E-state index contributed by atoms with van der Waals surface area (Å²) in [5.74, 6) is -2.80. The Morgan fingerprint density at radius 1 is 1.09 bits per heavy atom. The van der Waals surface area contributed by atoms with Crippen molar-refractivity contribution in [3.05, 3.63) is 53.0 Å². The number of alkyl halides is 2. The Bertz CT molecular complexity index is 752. The average molecular weight is 406 g/mol. The molecule has 124 valence electrons. The van der Waals surface area contributed by atoms with Crippen molar-refractivity contribution < 1.29 is 21.9 Å². The van der Waals surface area contributed by atoms with Gasteiger partial charge < -0.3 is 10.1 Å². The highest BCUT2D eigenvalue weighted by Crippen LogP contribution is 2.25. The van der Waals surface area contributed by atoms with E-state index in [4.69, 9.17) is 4.74 Å². The third-order valence-corrected chi connectivity index (χ3v) is 4.89. The second kappa shape index (κ2) is 7.74. The number of benzene rings is 2. The fraction of sp³-hybridized carbons (Fsp3) is 0.200. The molecule has 23 heavy (non-hydrogen) atoms. The van der Waals surface area contributed by atoms with Gasteiger partial charge >= 0.3 is 5.76 Å². The van der Waals surface area contributed by atoms with Crippen LogP contribution in [0.2, 0.25) is 0 Å². The summed E-state index contributed by atoms with van der Waals surface area (Å²) >= 11 is 3.31. The van der Waals surface area contributed by atoms with E-state index in [2.05, 4.69) is 21.2 Å².